The molecule has 2 fully saturated rings. The topological polar surface area (TPSA) is 20.3 Å². The van der Waals surface area contributed by atoms with E-state index in [0.29, 0.717) is 10.4 Å². The van der Waals surface area contributed by atoms with Gasteiger partial charge in [-0.15, -0.1) is 11.3 Å². The molecule has 0 spiro atoms. The predicted octanol–water partition coefficient (Wildman–Crippen LogP) is 3.46. The van der Waals surface area contributed by atoms with Gasteiger partial charge >= 0.3 is 0 Å². The average Bonchev–Trinajstić information content (AvgIpc) is 3.02. The van der Waals surface area contributed by atoms with Crippen LogP contribution in [0.5, 0.6) is 0 Å². The van der Waals surface area contributed by atoms with Gasteiger partial charge in [-0.05, 0) is 44.2 Å². The van der Waals surface area contributed by atoms with Crippen LogP contribution in [0.3, 0.4) is 0 Å². The molecule has 1 aromatic heterocycles. The second-order valence-corrected chi connectivity index (χ2v) is 6.89. The fourth-order valence-corrected chi connectivity index (χ4v) is 4.31. The Kier molecular flexibility index (Phi) is 3.01. The molecule has 0 N–H and O–H groups in total. The van der Waals surface area contributed by atoms with Crippen molar-refractivity contribution in [3.63, 3.8) is 0 Å². The number of piperidine rings is 1. The predicted molar refractivity (Wildman–Crippen MR) is 71.0 cm³/mol. The maximum Gasteiger partial charge on any atom is 0.189 e. The Labute approximate surface area is 111 Å². The van der Waals surface area contributed by atoms with Crippen LogP contribution in [0.25, 0.3) is 0 Å². The Hall–Kier alpha value is -0.380. The van der Waals surface area contributed by atoms with Crippen LogP contribution in [0.4, 0.5) is 0 Å². The minimum atomic E-state index is 0.0139. The van der Waals surface area contributed by atoms with Crippen LogP contribution in [-0.2, 0) is 0 Å². The van der Waals surface area contributed by atoms with E-state index < -0.39 is 0 Å². The van der Waals surface area contributed by atoms with Crippen molar-refractivity contribution in [1.82, 2.24) is 4.90 Å². The smallest absolute Gasteiger partial charge is 0.189 e. The summed E-state index contributed by atoms with van der Waals surface area (Å²) in [6, 6.07) is 4.32. The van der Waals surface area contributed by atoms with E-state index in [1.165, 1.54) is 30.6 Å². The minimum absolute atomic E-state index is 0.0139. The maximum atomic E-state index is 12.3. The Morgan fingerprint density at radius 1 is 1.53 bits per heavy atom. The first-order valence-electron chi connectivity index (χ1n) is 6.20. The summed E-state index contributed by atoms with van der Waals surface area (Å²) < 4.78 is 0.698. The number of carbonyl (C=O) groups is 1. The van der Waals surface area contributed by atoms with Gasteiger partial charge in [-0.25, -0.2) is 0 Å². The third-order valence-electron chi connectivity index (χ3n) is 4.14. The van der Waals surface area contributed by atoms with E-state index in [-0.39, 0.29) is 11.8 Å². The number of thiophene rings is 1. The summed E-state index contributed by atoms with van der Waals surface area (Å²) in [5.41, 5.74) is 0. The van der Waals surface area contributed by atoms with Crippen molar-refractivity contribution in [2.45, 2.75) is 38.3 Å². The quantitative estimate of drug-likeness (QED) is 0.784. The molecule has 2 aliphatic rings. The molecule has 3 atom stereocenters. The molecule has 0 amide bonds. The zero-order chi connectivity index (χ0) is 12.0. The summed E-state index contributed by atoms with van der Waals surface area (Å²) >= 11 is 7.28. The Balaban J connectivity index is 1.74. The molecule has 1 aliphatic heterocycles. The molecule has 2 heterocycles. The van der Waals surface area contributed by atoms with Gasteiger partial charge in [-0.2, -0.15) is 0 Å². The molecule has 2 nitrogen and oxygen atoms in total. The molecule has 1 saturated carbocycles. The molecular weight excluding hydrogens is 254 g/mol. The lowest BCUT2D eigenvalue weighted by atomic mass is 10.1. The molecule has 1 aromatic rings. The van der Waals surface area contributed by atoms with Crippen molar-refractivity contribution in [2.75, 3.05) is 6.54 Å². The number of Topliss-reactive ketones (excluding diaryl/α,β-unsaturated/α-hetero) is 1. The van der Waals surface area contributed by atoms with Gasteiger partial charge in [0.1, 0.15) is 0 Å². The van der Waals surface area contributed by atoms with Crippen LogP contribution in [0.1, 0.15) is 35.9 Å². The third kappa shape index (κ3) is 2.05. The number of hydrogen-bond acceptors (Lipinski definition) is 3. The zero-order valence-electron chi connectivity index (χ0n) is 9.86. The van der Waals surface area contributed by atoms with Gasteiger partial charge in [-0.3, -0.25) is 9.69 Å². The highest BCUT2D eigenvalue weighted by atomic mass is 35.5. The van der Waals surface area contributed by atoms with Crippen molar-refractivity contribution in [3.05, 3.63) is 21.3 Å². The van der Waals surface area contributed by atoms with Crippen LogP contribution in [-0.4, -0.2) is 29.3 Å². The van der Waals surface area contributed by atoms with Crippen LogP contribution in [0.2, 0.25) is 4.34 Å². The van der Waals surface area contributed by atoms with E-state index in [1.54, 1.807) is 0 Å². The Morgan fingerprint density at radius 3 is 2.88 bits per heavy atom. The molecule has 17 heavy (non-hydrogen) atoms. The molecular formula is C13H16ClNOS. The number of rotatable bonds is 3. The zero-order valence-corrected chi connectivity index (χ0v) is 11.4. The second-order valence-electron chi connectivity index (χ2n) is 5.17. The Bertz CT molecular complexity index is 444. The van der Waals surface area contributed by atoms with Crippen LogP contribution in [0.15, 0.2) is 12.1 Å². The molecule has 4 heteroatoms. The van der Waals surface area contributed by atoms with Gasteiger partial charge in [0, 0.05) is 12.6 Å². The fraction of sp³-hybridized carbons (Fsp3) is 0.615. The first-order valence-corrected chi connectivity index (χ1v) is 7.40. The van der Waals surface area contributed by atoms with Gasteiger partial charge in [-0.1, -0.05) is 11.6 Å². The van der Waals surface area contributed by atoms with Crippen LogP contribution >= 0.6 is 22.9 Å². The number of hydrogen-bond donors (Lipinski definition) is 0. The van der Waals surface area contributed by atoms with Crippen molar-refractivity contribution < 1.29 is 4.79 Å². The fourth-order valence-electron chi connectivity index (χ4n) is 3.24. The lowest BCUT2D eigenvalue weighted by Gasteiger charge is -2.31. The van der Waals surface area contributed by atoms with E-state index in [1.807, 2.05) is 19.1 Å². The lowest BCUT2D eigenvalue weighted by Crippen LogP contribution is -2.43. The number of likely N-dealkylation sites (tertiary alicyclic amines) is 1. The van der Waals surface area contributed by atoms with E-state index in [9.17, 15) is 4.79 Å². The number of carbonyl (C=O) groups excluding carboxylic acids is 1. The summed E-state index contributed by atoms with van der Waals surface area (Å²) in [5, 5.41) is 0. The van der Waals surface area contributed by atoms with Gasteiger partial charge < -0.3 is 0 Å². The normalized spacial score (nSPS) is 29.8. The molecule has 3 rings (SSSR count). The lowest BCUT2D eigenvalue weighted by molar-refractivity contribution is 0.0791. The average molecular weight is 270 g/mol. The molecule has 3 unspecified atom stereocenters. The van der Waals surface area contributed by atoms with Gasteiger partial charge in [0.2, 0.25) is 0 Å². The second kappa shape index (κ2) is 4.38. The van der Waals surface area contributed by atoms with Crippen molar-refractivity contribution in [3.8, 4) is 0 Å². The molecule has 1 saturated heterocycles. The van der Waals surface area contributed by atoms with Crippen LogP contribution < -0.4 is 0 Å². The summed E-state index contributed by atoms with van der Waals surface area (Å²) in [5.74, 6) is 1.07. The molecule has 0 aromatic carbocycles. The van der Waals surface area contributed by atoms with E-state index >= 15 is 0 Å². The first kappa shape index (κ1) is 11.7. The molecule has 0 radical (unpaired) electrons. The van der Waals surface area contributed by atoms with Crippen molar-refractivity contribution >= 4 is 28.7 Å². The van der Waals surface area contributed by atoms with Gasteiger partial charge in [0.15, 0.2) is 5.78 Å². The summed E-state index contributed by atoms with van der Waals surface area (Å²) in [6.07, 6.45) is 3.92. The monoisotopic (exact) mass is 269 g/mol. The number of ketones is 1. The molecule has 2 bridgehead atoms. The third-order valence-corrected chi connectivity index (χ3v) is 5.39. The van der Waals surface area contributed by atoms with Crippen molar-refractivity contribution in [2.24, 2.45) is 5.92 Å². The van der Waals surface area contributed by atoms with E-state index in [0.717, 1.165) is 17.3 Å². The largest absolute Gasteiger partial charge is 0.291 e. The number of nitrogens with zero attached hydrogens (tertiary/aromatic N) is 1. The van der Waals surface area contributed by atoms with Crippen molar-refractivity contribution in [1.29, 1.82) is 0 Å². The van der Waals surface area contributed by atoms with Gasteiger partial charge in [0.05, 0.1) is 15.3 Å². The highest BCUT2D eigenvalue weighted by Gasteiger charge is 2.41. The van der Waals surface area contributed by atoms with Crippen LogP contribution in [0, 0.1) is 5.92 Å². The minimum Gasteiger partial charge on any atom is -0.291 e. The molecule has 1 aliphatic carbocycles. The van der Waals surface area contributed by atoms with E-state index in [2.05, 4.69) is 4.90 Å². The Morgan fingerprint density at radius 2 is 2.35 bits per heavy atom. The summed E-state index contributed by atoms with van der Waals surface area (Å²) in [4.78, 5) is 15.5. The highest BCUT2D eigenvalue weighted by molar-refractivity contribution is 7.18. The maximum absolute atomic E-state index is 12.3. The highest BCUT2D eigenvalue weighted by Crippen LogP contribution is 2.39. The van der Waals surface area contributed by atoms with Gasteiger partial charge in [0.25, 0.3) is 0 Å². The summed E-state index contributed by atoms with van der Waals surface area (Å²) in [6.45, 7) is 3.15. The first-order chi connectivity index (χ1) is 8.15. The molecule has 92 valence electrons. The standard InChI is InChI=1S/C13H16ClNOS/c1-8(13(16)11-4-5-12(14)17-11)15-7-9-2-3-10(15)6-9/h4-5,8-10H,2-3,6-7H2,1H3. The SMILES string of the molecule is CC(C(=O)c1ccc(Cl)s1)N1CC2CCC1C2. The number of halogens is 1. The number of fused-ring (bicyclic) bond motifs is 2. The van der Waals surface area contributed by atoms with E-state index in [4.69, 9.17) is 11.6 Å². The summed E-state index contributed by atoms with van der Waals surface area (Å²) in [7, 11) is 0.